The molecule has 3 heteroatoms. The topological polar surface area (TPSA) is 46.3 Å². The molecule has 0 bridgehead atoms. The van der Waals surface area contributed by atoms with E-state index in [9.17, 15) is 4.79 Å². The summed E-state index contributed by atoms with van der Waals surface area (Å²) in [6.45, 7) is 8.13. The molecule has 1 aromatic rings. The lowest BCUT2D eigenvalue weighted by Crippen LogP contribution is -2.37. The lowest BCUT2D eigenvalue weighted by atomic mass is 9.87. The molecule has 0 saturated carbocycles. The van der Waals surface area contributed by atoms with E-state index in [1.807, 2.05) is 24.3 Å². The number of nitrogens with two attached hydrogens (primary N) is 1. The number of carbonyl (C=O) groups excluding carboxylic acids is 1. The van der Waals surface area contributed by atoms with Gasteiger partial charge in [0.25, 0.3) is 5.91 Å². The molecule has 1 aliphatic heterocycles. The molecule has 1 aromatic carbocycles. The van der Waals surface area contributed by atoms with Crippen molar-refractivity contribution in [3.05, 3.63) is 35.4 Å². The van der Waals surface area contributed by atoms with Crippen molar-refractivity contribution in [1.29, 1.82) is 0 Å². The van der Waals surface area contributed by atoms with Crippen LogP contribution in [-0.4, -0.2) is 23.4 Å². The minimum atomic E-state index is 0.167. The maximum Gasteiger partial charge on any atom is 0.254 e. The predicted molar refractivity (Wildman–Crippen MR) is 82.5 cm³/mol. The second-order valence-electron chi connectivity index (χ2n) is 6.96. The highest BCUT2D eigenvalue weighted by atomic mass is 16.2. The summed E-state index contributed by atoms with van der Waals surface area (Å²) in [5.74, 6) is 0.167. The molecular formula is C17H26N2O. The van der Waals surface area contributed by atoms with Gasteiger partial charge >= 0.3 is 0 Å². The zero-order chi connectivity index (χ0) is 14.8. The number of benzene rings is 1. The smallest absolute Gasteiger partial charge is 0.254 e. The van der Waals surface area contributed by atoms with Gasteiger partial charge in [-0.2, -0.15) is 0 Å². The van der Waals surface area contributed by atoms with Crippen molar-refractivity contribution in [3.63, 3.8) is 0 Å². The molecule has 20 heavy (non-hydrogen) atoms. The second kappa shape index (κ2) is 5.96. The Morgan fingerprint density at radius 2 is 1.95 bits per heavy atom. The number of nitrogens with zero attached hydrogens (tertiary/aromatic N) is 1. The lowest BCUT2D eigenvalue weighted by molar-refractivity contribution is 0.0704. The molecule has 0 aromatic heterocycles. The molecule has 1 amide bonds. The Morgan fingerprint density at radius 1 is 1.30 bits per heavy atom. The molecule has 2 N–H and O–H groups in total. The fraction of sp³-hybridized carbons (Fsp3) is 0.588. The number of amides is 1. The molecular weight excluding hydrogens is 248 g/mol. The molecule has 2 rings (SSSR count). The Kier molecular flexibility index (Phi) is 4.48. The van der Waals surface area contributed by atoms with E-state index in [-0.39, 0.29) is 11.3 Å². The summed E-state index contributed by atoms with van der Waals surface area (Å²) in [5, 5.41) is 0. The number of likely N-dealkylation sites (tertiary alicyclic amines) is 1. The van der Waals surface area contributed by atoms with Crippen molar-refractivity contribution in [2.45, 2.75) is 52.6 Å². The molecule has 1 fully saturated rings. The van der Waals surface area contributed by atoms with Gasteiger partial charge < -0.3 is 10.6 Å². The molecule has 110 valence electrons. The van der Waals surface area contributed by atoms with E-state index in [4.69, 9.17) is 5.73 Å². The van der Waals surface area contributed by atoms with Crippen molar-refractivity contribution in [2.75, 3.05) is 6.54 Å². The van der Waals surface area contributed by atoms with Crippen LogP contribution in [0.3, 0.4) is 0 Å². The molecule has 1 atom stereocenters. The van der Waals surface area contributed by atoms with Crippen LogP contribution in [0.1, 0.15) is 56.0 Å². The monoisotopic (exact) mass is 274 g/mol. The number of hydrogen-bond donors (Lipinski definition) is 1. The summed E-state index contributed by atoms with van der Waals surface area (Å²) in [5.41, 5.74) is 7.70. The fourth-order valence-corrected chi connectivity index (χ4v) is 2.97. The molecule has 1 aliphatic rings. The van der Waals surface area contributed by atoms with E-state index in [0.29, 0.717) is 12.6 Å². The summed E-state index contributed by atoms with van der Waals surface area (Å²) in [7, 11) is 0. The fourth-order valence-electron chi connectivity index (χ4n) is 2.97. The summed E-state index contributed by atoms with van der Waals surface area (Å²) >= 11 is 0. The molecule has 1 heterocycles. The van der Waals surface area contributed by atoms with Crippen molar-refractivity contribution in [2.24, 2.45) is 11.1 Å². The van der Waals surface area contributed by atoms with Crippen LogP contribution in [-0.2, 0) is 6.54 Å². The van der Waals surface area contributed by atoms with E-state index in [0.717, 1.165) is 36.9 Å². The van der Waals surface area contributed by atoms with Gasteiger partial charge in [-0.1, -0.05) is 32.9 Å². The first-order valence-electron chi connectivity index (χ1n) is 7.51. The van der Waals surface area contributed by atoms with Gasteiger partial charge in [-0.05, 0) is 42.4 Å². The maximum atomic E-state index is 12.6. The first-order valence-corrected chi connectivity index (χ1v) is 7.51. The van der Waals surface area contributed by atoms with Gasteiger partial charge in [0.05, 0.1) is 0 Å². The standard InChI is InChI=1S/C17H26N2O/c1-17(2,3)11-15-5-4-10-19(15)16(20)14-8-6-13(12-18)7-9-14/h6-9,15H,4-5,10-12,18H2,1-3H3. The average Bonchev–Trinajstić information content (AvgIpc) is 2.84. The Balaban J connectivity index is 2.10. The Hall–Kier alpha value is -1.35. The van der Waals surface area contributed by atoms with Crippen LogP contribution in [0.4, 0.5) is 0 Å². The first-order chi connectivity index (χ1) is 9.40. The minimum Gasteiger partial charge on any atom is -0.336 e. The largest absolute Gasteiger partial charge is 0.336 e. The quantitative estimate of drug-likeness (QED) is 0.920. The van der Waals surface area contributed by atoms with Crippen molar-refractivity contribution in [1.82, 2.24) is 4.90 Å². The zero-order valence-electron chi connectivity index (χ0n) is 12.9. The number of hydrogen-bond acceptors (Lipinski definition) is 2. The highest BCUT2D eigenvalue weighted by Crippen LogP contribution is 2.30. The third-order valence-corrected chi connectivity index (χ3v) is 3.92. The molecule has 1 unspecified atom stereocenters. The molecule has 0 aliphatic carbocycles. The van der Waals surface area contributed by atoms with Gasteiger partial charge in [0.2, 0.25) is 0 Å². The molecule has 0 radical (unpaired) electrons. The summed E-state index contributed by atoms with van der Waals surface area (Å²) in [6.07, 6.45) is 3.32. The number of carbonyl (C=O) groups is 1. The van der Waals surface area contributed by atoms with Gasteiger partial charge in [0.1, 0.15) is 0 Å². The van der Waals surface area contributed by atoms with Crippen LogP contribution in [0.5, 0.6) is 0 Å². The van der Waals surface area contributed by atoms with Crippen molar-refractivity contribution >= 4 is 5.91 Å². The van der Waals surface area contributed by atoms with Crippen LogP contribution in [0.15, 0.2) is 24.3 Å². The summed E-state index contributed by atoms with van der Waals surface area (Å²) in [4.78, 5) is 14.7. The number of rotatable bonds is 3. The van der Waals surface area contributed by atoms with Crippen LogP contribution >= 0.6 is 0 Å². The van der Waals surface area contributed by atoms with E-state index in [2.05, 4.69) is 25.7 Å². The van der Waals surface area contributed by atoms with Gasteiger partial charge in [-0.25, -0.2) is 0 Å². The summed E-state index contributed by atoms with van der Waals surface area (Å²) < 4.78 is 0. The Labute approximate surface area is 122 Å². The van der Waals surface area contributed by atoms with E-state index in [1.54, 1.807) is 0 Å². The lowest BCUT2D eigenvalue weighted by Gasteiger charge is -2.30. The molecule has 1 saturated heterocycles. The zero-order valence-corrected chi connectivity index (χ0v) is 12.9. The highest BCUT2D eigenvalue weighted by Gasteiger charge is 2.32. The predicted octanol–water partition coefficient (Wildman–Crippen LogP) is 3.19. The Morgan fingerprint density at radius 3 is 2.50 bits per heavy atom. The van der Waals surface area contributed by atoms with Crippen molar-refractivity contribution < 1.29 is 4.79 Å². The van der Waals surface area contributed by atoms with Gasteiger partial charge in [-0.15, -0.1) is 0 Å². The van der Waals surface area contributed by atoms with Crippen LogP contribution in [0, 0.1) is 5.41 Å². The SMILES string of the molecule is CC(C)(C)CC1CCCN1C(=O)c1ccc(CN)cc1. The maximum absolute atomic E-state index is 12.6. The van der Waals surface area contributed by atoms with E-state index >= 15 is 0 Å². The average molecular weight is 274 g/mol. The van der Waals surface area contributed by atoms with Gasteiger partial charge in [0.15, 0.2) is 0 Å². The third kappa shape index (κ3) is 3.60. The highest BCUT2D eigenvalue weighted by molar-refractivity contribution is 5.94. The van der Waals surface area contributed by atoms with Crippen LogP contribution < -0.4 is 5.73 Å². The molecule has 3 nitrogen and oxygen atoms in total. The van der Waals surface area contributed by atoms with Crippen molar-refractivity contribution in [3.8, 4) is 0 Å². The normalized spacial score (nSPS) is 19.4. The van der Waals surface area contributed by atoms with E-state index in [1.165, 1.54) is 0 Å². The molecule has 0 spiro atoms. The minimum absolute atomic E-state index is 0.167. The third-order valence-electron chi connectivity index (χ3n) is 3.92. The summed E-state index contributed by atoms with van der Waals surface area (Å²) in [6, 6.07) is 8.08. The Bertz CT molecular complexity index is 459. The van der Waals surface area contributed by atoms with Crippen LogP contribution in [0.25, 0.3) is 0 Å². The van der Waals surface area contributed by atoms with Crippen LogP contribution in [0.2, 0.25) is 0 Å². The van der Waals surface area contributed by atoms with Gasteiger partial charge in [-0.3, -0.25) is 4.79 Å². The second-order valence-corrected chi connectivity index (χ2v) is 6.96. The van der Waals surface area contributed by atoms with Gasteiger partial charge in [0, 0.05) is 24.7 Å². The van der Waals surface area contributed by atoms with E-state index < -0.39 is 0 Å². The first kappa shape index (κ1) is 15.0.